The van der Waals surface area contributed by atoms with Gasteiger partial charge in [-0.3, -0.25) is 29.6 Å². The molecule has 1 aliphatic carbocycles. The highest BCUT2D eigenvalue weighted by atomic mass is 32.2. The summed E-state index contributed by atoms with van der Waals surface area (Å²) in [7, 11) is -1.30. The summed E-state index contributed by atoms with van der Waals surface area (Å²) in [5, 5.41) is 14.4. The molecule has 1 fully saturated rings. The Morgan fingerprint density at radius 3 is 2.12 bits per heavy atom. The second kappa shape index (κ2) is 15.9. The lowest BCUT2D eigenvalue weighted by atomic mass is 9.79. The van der Waals surface area contributed by atoms with Crippen molar-refractivity contribution < 1.29 is 32.5 Å². The first kappa shape index (κ1) is 38.7. The van der Waals surface area contributed by atoms with E-state index in [1.54, 1.807) is 0 Å². The monoisotopic (exact) mass is 789 g/mol. The largest absolute Gasteiger partial charge is 0.462 e. The quantitative estimate of drug-likeness (QED) is 0.1000. The summed E-state index contributed by atoms with van der Waals surface area (Å²) in [6, 6.07) is 32.3. The fourth-order valence-electron chi connectivity index (χ4n) is 7.62. The minimum atomic E-state index is -4.05. The van der Waals surface area contributed by atoms with E-state index in [2.05, 4.69) is 10.3 Å². The number of nitro groups is 1. The van der Waals surface area contributed by atoms with Crippen LogP contribution in [0.5, 0.6) is 0 Å². The molecule has 1 N–H and O–H groups in total. The number of carbonyl (C=O) groups excluding carboxylic acids is 3. The van der Waals surface area contributed by atoms with Crippen molar-refractivity contribution in [2.45, 2.75) is 30.5 Å². The SMILES string of the molecule is CN(C)S(=O)(=O)n1cnc([C@H]2[C@H](C(=O)NC(c3ccccc3)c3ccccc3)[C@@H](COC(=O)c3ccc([N+](=O)[O-])cc3)C[C@]23N=CN(Cc2ccccc2)C3=O)c1. The maximum absolute atomic E-state index is 15.1. The first-order chi connectivity index (χ1) is 27.4. The van der Waals surface area contributed by atoms with E-state index in [0.29, 0.717) is 0 Å². The van der Waals surface area contributed by atoms with Gasteiger partial charge in [0.15, 0.2) is 5.54 Å². The highest BCUT2D eigenvalue weighted by Gasteiger charge is 2.64. The van der Waals surface area contributed by atoms with Gasteiger partial charge in [-0.25, -0.2) is 13.8 Å². The number of aromatic nitrogens is 2. The van der Waals surface area contributed by atoms with Gasteiger partial charge >= 0.3 is 16.2 Å². The van der Waals surface area contributed by atoms with E-state index in [-0.39, 0.29) is 36.5 Å². The molecule has 15 nitrogen and oxygen atoms in total. The lowest BCUT2D eigenvalue weighted by Gasteiger charge is -2.31. The smallest absolute Gasteiger partial charge is 0.338 e. The van der Waals surface area contributed by atoms with Gasteiger partial charge in [0.1, 0.15) is 6.33 Å². The lowest BCUT2D eigenvalue weighted by molar-refractivity contribution is -0.384. The third kappa shape index (κ3) is 7.68. The number of amides is 2. The molecule has 57 heavy (non-hydrogen) atoms. The lowest BCUT2D eigenvalue weighted by Crippen LogP contribution is -2.46. The van der Waals surface area contributed by atoms with Crippen LogP contribution in [0.4, 0.5) is 5.69 Å². The van der Waals surface area contributed by atoms with Crippen LogP contribution in [0.1, 0.15) is 51.1 Å². The van der Waals surface area contributed by atoms with Crippen molar-refractivity contribution in [1.29, 1.82) is 0 Å². The number of esters is 1. The average molecular weight is 790 g/mol. The number of hydrogen-bond acceptors (Lipinski definition) is 10. The fraction of sp³-hybridized carbons (Fsp3) is 0.244. The van der Waals surface area contributed by atoms with Gasteiger partial charge in [0.25, 0.3) is 11.6 Å². The Bertz CT molecular complexity index is 2370. The zero-order valence-electron chi connectivity index (χ0n) is 31.0. The maximum atomic E-state index is 15.1. The number of imidazole rings is 1. The molecule has 292 valence electrons. The van der Waals surface area contributed by atoms with Crippen LogP contribution in [0.15, 0.2) is 133 Å². The third-order valence-electron chi connectivity index (χ3n) is 10.4. The average Bonchev–Trinajstić information content (AvgIpc) is 3.93. The number of nitrogens with one attached hydrogen (secondary N) is 1. The van der Waals surface area contributed by atoms with Gasteiger partial charge in [-0.1, -0.05) is 91.0 Å². The topological polar surface area (TPSA) is 186 Å². The summed E-state index contributed by atoms with van der Waals surface area (Å²) in [5.74, 6) is -4.80. The van der Waals surface area contributed by atoms with Crippen molar-refractivity contribution in [2.75, 3.05) is 20.7 Å². The summed E-state index contributed by atoms with van der Waals surface area (Å²) in [4.78, 5) is 64.7. The number of rotatable bonds is 13. The third-order valence-corrected chi connectivity index (χ3v) is 12.1. The maximum Gasteiger partial charge on any atom is 0.338 e. The number of carbonyl (C=O) groups is 3. The second-order valence-electron chi connectivity index (χ2n) is 14.1. The van der Waals surface area contributed by atoms with Crippen molar-refractivity contribution >= 4 is 40.0 Å². The van der Waals surface area contributed by atoms with E-state index in [1.807, 2.05) is 91.0 Å². The number of aliphatic imine (C=N–C) groups is 1. The van der Waals surface area contributed by atoms with Crippen molar-refractivity contribution in [3.8, 4) is 0 Å². The van der Waals surface area contributed by atoms with Crippen molar-refractivity contribution in [2.24, 2.45) is 16.8 Å². The van der Waals surface area contributed by atoms with Crippen molar-refractivity contribution in [3.63, 3.8) is 0 Å². The van der Waals surface area contributed by atoms with Gasteiger partial charge in [0, 0.05) is 44.3 Å². The van der Waals surface area contributed by atoms with Crippen LogP contribution in [0, 0.1) is 22.0 Å². The van der Waals surface area contributed by atoms with Crippen LogP contribution in [0.2, 0.25) is 0 Å². The normalized spacial score (nSPS) is 20.4. The molecule has 2 heterocycles. The van der Waals surface area contributed by atoms with Crippen LogP contribution in [0.25, 0.3) is 0 Å². The van der Waals surface area contributed by atoms with Crippen molar-refractivity contribution in [1.82, 2.24) is 23.5 Å². The molecule has 2 aliphatic rings. The van der Waals surface area contributed by atoms with E-state index >= 15 is 4.79 Å². The summed E-state index contributed by atoms with van der Waals surface area (Å²) < 4.78 is 34.3. The number of hydrogen-bond donors (Lipinski definition) is 1. The number of non-ortho nitro benzene ring substituents is 1. The Balaban J connectivity index is 1.31. The second-order valence-corrected chi connectivity index (χ2v) is 16.2. The molecule has 4 aromatic carbocycles. The van der Waals surface area contributed by atoms with E-state index in [4.69, 9.17) is 9.73 Å². The van der Waals surface area contributed by atoms with Gasteiger partial charge in [-0.15, -0.1) is 0 Å². The molecule has 16 heteroatoms. The number of nitro benzene ring substituents is 1. The molecule has 1 aromatic heterocycles. The molecule has 5 aromatic rings. The Kier molecular flexibility index (Phi) is 10.8. The zero-order chi connectivity index (χ0) is 40.3. The molecule has 0 bridgehead atoms. The van der Waals surface area contributed by atoms with E-state index in [9.17, 15) is 28.1 Å². The van der Waals surface area contributed by atoms with Gasteiger partial charge in [0.2, 0.25) is 5.91 Å². The summed E-state index contributed by atoms with van der Waals surface area (Å²) >= 11 is 0. The minimum Gasteiger partial charge on any atom is -0.462 e. The number of benzene rings is 4. The molecule has 0 saturated heterocycles. The zero-order valence-corrected chi connectivity index (χ0v) is 31.8. The fourth-order valence-corrected chi connectivity index (χ4v) is 8.41. The van der Waals surface area contributed by atoms with E-state index in [0.717, 1.165) is 31.3 Å². The van der Waals surface area contributed by atoms with Crippen LogP contribution >= 0.6 is 0 Å². The first-order valence-electron chi connectivity index (χ1n) is 18.1. The van der Waals surface area contributed by atoms with Gasteiger partial charge in [-0.2, -0.15) is 12.7 Å². The molecule has 0 radical (unpaired) electrons. The Morgan fingerprint density at radius 1 is 0.947 bits per heavy atom. The highest BCUT2D eigenvalue weighted by molar-refractivity contribution is 7.87. The Hall–Kier alpha value is -6.52. The molecule has 4 atom stereocenters. The Labute approximate surface area is 329 Å². The molecule has 1 aliphatic heterocycles. The molecule has 7 rings (SSSR count). The predicted octanol–water partition coefficient (Wildman–Crippen LogP) is 4.74. The van der Waals surface area contributed by atoms with Crippen LogP contribution in [-0.4, -0.2) is 81.9 Å². The summed E-state index contributed by atoms with van der Waals surface area (Å²) in [6.07, 6.45) is 3.80. The Morgan fingerprint density at radius 2 is 1.54 bits per heavy atom. The number of ether oxygens (including phenoxy) is 1. The molecule has 2 amide bonds. The van der Waals surface area contributed by atoms with Crippen LogP contribution < -0.4 is 5.32 Å². The van der Waals surface area contributed by atoms with Gasteiger partial charge < -0.3 is 10.1 Å². The molecule has 1 spiro atoms. The van der Waals surface area contributed by atoms with Gasteiger partial charge in [0.05, 0.1) is 47.6 Å². The van der Waals surface area contributed by atoms with E-state index in [1.165, 1.54) is 55.8 Å². The molecular weight excluding hydrogens is 751 g/mol. The van der Waals surface area contributed by atoms with Gasteiger partial charge in [-0.05, 0) is 35.2 Å². The summed E-state index contributed by atoms with van der Waals surface area (Å²) in [6.45, 7) is -0.159. The minimum absolute atomic E-state index is 0.0516. The number of nitrogens with zero attached hydrogens (tertiary/aromatic N) is 6. The summed E-state index contributed by atoms with van der Waals surface area (Å²) in [5.41, 5.74) is 0.742. The van der Waals surface area contributed by atoms with Crippen molar-refractivity contribution in [3.05, 3.63) is 166 Å². The van der Waals surface area contributed by atoms with Crippen LogP contribution in [-0.2, 0) is 31.1 Å². The highest BCUT2D eigenvalue weighted by Crippen LogP contribution is 2.55. The first-order valence-corrected chi connectivity index (χ1v) is 19.5. The van der Waals surface area contributed by atoms with E-state index < -0.39 is 62.3 Å². The predicted molar refractivity (Wildman–Crippen MR) is 209 cm³/mol. The van der Waals surface area contributed by atoms with Crippen LogP contribution in [0.3, 0.4) is 0 Å². The standard InChI is InChI=1S/C41H39N7O8S/c1-45(2)57(54,55)47-24-34(42-26-47)36-35(38(49)44-37(29-14-8-4-9-15-29)30-16-10-5-11-17-30)32(25-56-39(50)31-18-20-33(21-19-31)48(52)53)22-41(36)40(51)46(27-43-41)23-28-12-6-3-7-13-28/h3-21,24,26-27,32,35-37H,22-23,25H2,1-2H3,(H,44,49)/t32-,35-,36+,41+/m1/s1. The molecule has 1 saturated carbocycles. The molecule has 0 unspecified atom stereocenters. The molecular formula is C41H39N7O8S.